The van der Waals surface area contributed by atoms with Crippen LogP contribution in [-0.4, -0.2) is 62.2 Å². The van der Waals surface area contributed by atoms with E-state index in [0.29, 0.717) is 37.5 Å². The van der Waals surface area contributed by atoms with Crippen LogP contribution in [0.25, 0.3) is 23.5 Å². The van der Waals surface area contributed by atoms with Gasteiger partial charge in [0.2, 0.25) is 5.91 Å². The highest BCUT2D eigenvalue weighted by Crippen LogP contribution is 2.32. The van der Waals surface area contributed by atoms with Crippen molar-refractivity contribution in [2.75, 3.05) is 31.1 Å². The maximum atomic E-state index is 12.0. The van der Waals surface area contributed by atoms with E-state index in [0.717, 1.165) is 40.9 Å². The first kappa shape index (κ1) is 21.6. The van der Waals surface area contributed by atoms with Crippen molar-refractivity contribution in [2.24, 2.45) is 7.05 Å². The predicted octanol–water partition coefficient (Wildman–Crippen LogP) is 1.47. The molecule has 0 bridgehead atoms. The summed E-state index contributed by atoms with van der Waals surface area (Å²) >= 11 is 6.51. The Morgan fingerprint density at radius 3 is 2.87 bits per heavy atom. The van der Waals surface area contributed by atoms with Gasteiger partial charge in [-0.1, -0.05) is 30.3 Å². The molecule has 164 valence electrons. The van der Waals surface area contributed by atoms with Crippen molar-refractivity contribution in [3.05, 3.63) is 40.6 Å². The van der Waals surface area contributed by atoms with E-state index in [1.54, 1.807) is 17.2 Å². The highest BCUT2D eigenvalue weighted by Gasteiger charge is 2.40. The van der Waals surface area contributed by atoms with Gasteiger partial charge < -0.3 is 19.5 Å². The summed E-state index contributed by atoms with van der Waals surface area (Å²) in [6, 6.07) is 1.93. The normalized spacial score (nSPS) is 22.8. The number of allylic oxidation sites excluding steroid dienone is 1. The molecule has 0 saturated carbocycles. The first-order valence-corrected chi connectivity index (χ1v) is 11.0. The lowest BCUT2D eigenvalue weighted by atomic mass is 10.0. The molecule has 2 aromatic rings. The zero-order chi connectivity index (χ0) is 22.2. The molecule has 0 spiro atoms. The van der Waals surface area contributed by atoms with Crippen LogP contribution in [0, 0.1) is 0 Å². The molecule has 2 aromatic heterocycles. The highest BCUT2D eigenvalue weighted by molar-refractivity contribution is 6.33. The molecule has 8 heteroatoms. The van der Waals surface area contributed by atoms with Gasteiger partial charge in [-0.3, -0.25) is 4.79 Å². The van der Waals surface area contributed by atoms with E-state index in [-0.39, 0.29) is 5.91 Å². The van der Waals surface area contributed by atoms with E-state index in [4.69, 9.17) is 16.6 Å². The monoisotopic (exact) mass is 441 g/mol. The number of pyridine rings is 1. The van der Waals surface area contributed by atoms with Crippen molar-refractivity contribution in [3.8, 4) is 11.4 Å². The molecule has 7 nitrogen and oxygen atoms in total. The van der Waals surface area contributed by atoms with E-state index >= 15 is 0 Å². The van der Waals surface area contributed by atoms with Gasteiger partial charge >= 0.3 is 0 Å². The second kappa shape index (κ2) is 8.48. The van der Waals surface area contributed by atoms with Crippen LogP contribution in [0.1, 0.15) is 26.2 Å². The number of halogens is 1. The van der Waals surface area contributed by atoms with Gasteiger partial charge in [-0.15, -0.1) is 0 Å². The molecule has 31 heavy (non-hydrogen) atoms. The van der Waals surface area contributed by atoms with Gasteiger partial charge in [-0.2, -0.15) is 0 Å². The Labute approximate surface area is 187 Å². The summed E-state index contributed by atoms with van der Waals surface area (Å²) in [5.41, 5.74) is -0.146. The number of likely N-dealkylation sites (tertiary alicyclic amines) is 1. The summed E-state index contributed by atoms with van der Waals surface area (Å²) in [6.45, 7) is 7.93. The van der Waals surface area contributed by atoms with E-state index in [2.05, 4.69) is 11.6 Å². The number of carbonyl (C=O) groups is 1. The van der Waals surface area contributed by atoms with E-state index in [9.17, 15) is 9.90 Å². The number of nitrogens with zero attached hydrogens (tertiary/aromatic N) is 5. The fourth-order valence-electron chi connectivity index (χ4n) is 4.53. The van der Waals surface area contributed by atoms with Crippen molar-refractivity contribution >= 4 is 35.5 Å². The van der Waals surface area contributed by atoms with Gasteiger partial charge in [0, 0.05) is 44.9 Å². The second-order valence-electron chi connectivity index (χ2n) is 8.29. The minimum atomic E-state index is -0.929. The Bertz CT molecular complexity index is 1140. The van der Waals surface area contributed by atoms with Gasteiger partial charge in [0.15, 0.2) is 0 Å². The third-order valence-electron chi connectivity index (χ3n) is 6.11. The van der Waals surface area contributed by atoms with Gasteiger partial charge in [-0.25, -0.2) is 9.97 Å². The molecule has 0 aliphatic carbocycles. The topological polar surface area (TPSA) is 74.5 Å². The maximum Gasteiger partial charge on any atom is 0.222 e. The van der Waals surface area contributed by atoms with Gasteiger partial charge in [0.25, 0.3) is 0 Å². The predicted molar refractivity (Wildman–Crippen MR) is 123 cm³/mol. The molecule has 1 atom stereocenters. The average molecular weight is 442 g/mol. The zero-order valence-electron chi connectivity index (χ0n) is 18.0. The van der Waals surface area contributed by atoms with E-state index in [1.807, 2.05) is 41.7 Å². The van der Waals surface area contributed by atoms with Crippen LogP contribution >= 0.6 is 11.6 Å². The summed E-state index contributed by atoms with van der Waals surface area (Å²) in [4.78, 5) is 25.1. The lowest BCUT2D eigenvalue weighted by molar-refractivity contribution is -0.130. The molecule has 1 amide bonds. The number of rotatable bonds is 5. The first-order valence-electron chi connectivity index (χ1n) is 10.6. The van der Waals surface area contributed by atoms with Crippen LogP contribution in [0.3, 0.4) is 0 Å². The minimum absolute atomic E-state index is 0.129. The van der Waals surface area contributed by atoms with Crippen molar-refractivity contribution in [2.45, 2.75) is 31.8 Å². The fraction of sp³-hybridized carbons (Fsp3) is 0.435. The fourth-order valence-corrected chi connectivity index (χ4v) is 4.72. The van der Waals surface area contributed by atoms with E-state index < -0.39 is 5.60 Å². The van der Waals surface area contributed by atoms with Crippen LogP contribution in [0.2, 0.25) is 5.02 Å². The quantitative estimate of drug-likeness (QED) is 0.760. The lowest BCUT2D eigenvalue weighted by Crippen LogP contribution is -2.45. The summed E-state index contributed by atoms with van der Waals surface area (Å²) in [6.07, 6.45) is 9.26. The van der Waals surface area contributed by atoms with Crippen LogP contribution in [-0.2, 0) is 11.8 Å². The summed E-state index contributed by atoms with van der Waals surface area (Å²) in [7, 11) is 1.95. The number of amides is 1. The molecule has 2 aliphatic heterocycles. The largest absolute Gasteiger partial charge is 0.386 e. The zero-order valence-corrected chi connectivity index (χ0v) is 18.8. The Morgan fingerprint density at radius 2 is 2.19 bits per heavy atom. The smallest absolute Gasteiger partial charge is 0.222 e. The Balaban J connectivity index is 1.63. The van der Waals surface area contributed by atoms with Crippen molar-refractivity contribution in [1.29, 1.82) is 0 Å². The Morgan fingerprint density at radius 1 is 1.39 bits per heavy atom. The number of anilines is 1. The van der Waals surface area contributed by atoms with Crippen LogP contribution < -0.4 is 15.6 Å². The Hall–Kier alpha value is -2.64. The molecular weight excluding hydrogens is 414 g/mol. The molecule has 1 unspecified atom stereocenters. The maximum absolute atomic E-state index is 12.0. The minimum Gasteiger partial charge on any atom is -0.386 e. The second-order valence-corrected chi connectivity index (χ2v) is 8.70. The molecule has 2 saturated heterocycles. The molecule has 4 heterocycles. The first-order chi connectivity index (χ1) is 14.8. The number of hydrogen-bond donors (Lipinski definition) is 1. The molecule has 0 aromatic carbocycles. The molecular formula is C23H28ClN5O2. The third-order valence-corrected chi connectivity index (χ3v) is 6.41. The molecule has 0 radical (unpaired) electrons. The number of imidazole rings is 1. The number of carbonyl (C=O) groups excluding carboxylic acids is 1. The highest BCUT2D eigenvalue weighted by atomic mass is 35.5. The number of aromatic nitrogens is 3. The standard InChI is InChI=1S/C23H28ClN5O2/c1-4-7-18-19(5-2)27(3)22(26-18)16-12-20(25-13-17(16)24)28-11-9-23(31,14-28)15-29-10-6-8-21(29)30/h4-5,7,12-13,31H,1,6,8-11,14-15H2,2-3H3. The van der Waals surface area contributed by atoms with Gasteiger partial charge in [-0.05, 0) is 31.9 Å². The Kier molecular flexibility index (Phi) is 5.90. The summed E-state index contributed by atoms with van der Waals surface area (Å²) < 4.78 is 2.00. The number of aliphatic hydroxyl groups is 1. The SMILES string of the molecule is C=CC=c1nc(-c2cc(N3CCC(O)(CN4CCCC4=O)C3)ncc2Cl)n(C)c1=CC. The molecule has 2 aliphatic rings. The molecule has 2 fully saturated rings. The third kappa shape index (κ3) is 4.12. The number of β-amino-alcohol motifs (C(OH)–C–C–N with tert-alkyl or cyclic N) is 1. The van der Waals surface area contributed by atoms with Gasteiger partial charge in [0.05, 0.1) is 22.3 Å². The lowest BCUT2D eigenvalue weighted by Gasteiger charge is -2.29. The summed E-state index contributed by atoms with van der Waals surface area (Å²) in [5, 5.41) is 13.4. The van der Waals surface area contributed by atoms with Gasteiger partial charge in [0.1, 0.15) is 17.2 Å². The van der Waals surface area contributed by atoms with Crippen LogP contribution in [0.15, 0.2) is 24.9 Å². The average Bonchev–Trinajstić information content (AvgIpc) is 3.41. The van der Waals surface area contributed by atoms with E-state index in [1.165, 1.54) is 0 Å². The molecule has 4 rings (SSSR count). The summed E-state index contributed by atoms with van der Waals surface area (Å²) in [5.74, 6) is 1.61. The van der Waals surface area contributed by atoms with Crippen LogP contribution in [0.5, 0.6) is 0 Å². The number of hydrogen-bond acceptors (Lipinski definition) is 5. The van der Waals surface area contributed by atoms with Crippen LogP contribution in [0.4, 0.5) is 5.82 Å². The van der Waals surface area contributed by atoms with Crippen molar-refractivity contribution < 1.29 is 9.90 Å². The van der Waals surface area contributed by atoms with Crippen molar-refractivity contribution in [1.82, 2.24) is 19.4 Å². The van der Waals surface area contributed by atoms with Crippen molar-refractivity contribution in [3.63, 3.8) is 0 Å². The molecule has 1 N–H and O–H groups in total.